The molecule has 0 saturated carbocycles. The van der Waals surface area contributed by atoms with Crippen molar-refractivity contribution in [2.75, 3.05) is 19.7 Å². The number of carbonyl (C=O) groups is 1. The molecule has 0 bridgehead atoms. The average molecular weight is 283 g/mol. The Labute approximate surface area is 118 Å². The molecule has 0 atom stereocenters. The summed E-state index contributed by atoms with van der Waals surface area (Å²) in [4.78, 5) is 18.0. The number of hydrogen-bond donors (Lipinski definition) is 1. The zero-order valence-corrected chi connectivity index (χ0v) is 12.0. The Bertz CT molecular complexity index is 461. The Morgan fingerprint density at radius 3 is 2.79 bits per heavy atom. The molecule has 1 heterocycles. The molecule has 104 valence electrons. The number of nitrogens with zero attached hydrogens (tertiary/aromatic N) is 2. The van der Waals surface area contributed by atoms with Crippen molar-refractivity contribution < 1.29 is 9.90 Å². The maximum atomic E-state index is 12.3. The standard InChI is InChI=1S/C14H19ClN2O2/c1-4-5-17(6-7-18)14(19)11-8-12(10(2)3)16-13(15)9-11/h4,8-10,18H,1,5-7H2,2-3H3. The SMILES string of the molecule is C=CCN(CCO)C(=O)c1cc(Cl)nc(C(C)C)c1. The molecule has 1 rings (SSSR count). The first kappa shape index (κ1) is 15.7. The summed E-state index contributed by atoms with van der Waals surface area (Å²) in [5.41, 5.74) is 1.26. The second-order valence-electron chi connectivity index (χ2n) is 4.52. The number of pyridine rings is 1. The van der Waals surface area contributed by atoms with Crippen LogP contribution < -0.4 is 0 Å². The molecule has 1 amide bonds. The van der Waals surface area contributed by atoms with Crippen molar-refractivity contribution in [2.24, 2.45) is 0 Å². The van der Waals surface area contributed by atoms with E-state index in [0.29, 0.717) is 17.3 Å². The Morgan fingerprint density at radius 2 is 2.26 bits per heavy atom. The normalized spacial score (nSPS) is 10.6. The number of hydrogen-bond acceptors (Lipinski definition) is 3. The van der Waals surface area contributed by atoms with Crippen LogP contribution in [0.3, 0.4) is 0 Å². The molecule has 0 saturated heterocycles. The molecule has 0 aliphatic rings. The average Bonchev–Trinajstić information content (AvgIpc) is 2.37. The first-order valence-corrected chi connectivity index (χ1v) is 6.56. The molecule has 0 aliphatic heterocycles. The largest absolute Gasteiger partial charge is 0.395 e. The van der Waals surface area contributed by atoms with Crippen molar-refractivity contribution in [3.63, 3.8) is 0 Å². The number of carbonyl (C=O) groups excluding carboxylic acids is 1. The van der Waals surface area contributed by atoms with Gasteiger partial charge in [0.1, 0.15) is 5.15 Å². The lowest BCUT2D eigenvalue weighted by Gasteiger charge is -2.20. The highest BCUT2D eigenvalue weighted by molar-refractivity contribution is 6.29. The Kier molecular flexibility index (Phi) is 5.99. The first-order chi connectivity index (χ1) is 8.99. The number of aliphatic hydroxyl groups is 1. The van der Waals surface area contributed by atoms with Crippen LogP contribution in [0.2, 0.25) is 5.15 Å². The van der Waals surface area contributed by atoms with Gasteiger partial charge in [0.15, 0.2) is 0 Å². The molecule has 0 unspecified atom stereocenters. The molecule has 0 radical (unpaired) electrons. The van der Waals surface area contributed by atoms with Crippen molar-refractivity contribution in [3.05, 3.63) is 41.2 Å². The highest BCUT2D eigenvalue weighted by Crippen LogP contribution is 2.18. The highest BCUT2D eigenvalue weighted by atomic mass is 35.5. The van der Waals surface area contributed by atoms with E-state index in [0.717, 1.165) is 5.69 Å². The molecule has 0 aliphatic carbocycles. The minimum atomic E-state index is -0.180. The molecular formula is C14H19ClN2O2. The van der Waals surface area contributed by atoms with E-state index in [1.165, 1.54) is 4.90 Å². The van der Waals surface area contributed by atoms with Crippen LogP contribution in [-0.2, 0) is 0 Å². The molecule has 1 N–H and O–H groups in total. The third kappa shape index (κ3) is 4.33. The molecule has 5 heteroatoms. The van der Waals surface area contributed by atoms with Crippen molar-refractivity contribution in [1.29, 1.82) is 0 Å². The van der Waals surface area contributed by atoms with E-state index >= 15 is 0 Å². The summed E-state index contributed by atoms with van der Waals surface area (Å²) in [6, 6.07) is 3.29. The van der Waals surface area contributed by atoms with Crippen LogP contribution in [0.15, 0.2) is 24.8 Å². The molecule has 4 nitrogen and oxygen atoms in total. The van der Waals surface area contributed by atoms with Crippen molar-refractivity contribution >= 4 is 17.5 Å². The maximum absolute atomic E-state index is 12.3. The smallest absolute Gasteiger partial charge is 0.254 e. The Morgan fingerprint density at radius 1 is 1.58 bits per heavy atom. The summed E-state index contributed by atoms with van der Waals surface area (Å²) >= 11 is 5.95. The molecule has 0 aromatic carbocycles. The fourth-order valence-corrected chi connectivity index (χ4v) is 1.89. The summed E-state index contributed by atoms with van der Waals surface area (Å²) in [7, 11) is 0. The van der Waals surface area contributed by atoms with E-state index in [4.69, 9.17) is 16.7 Å². The van der Waals surface area contributed by atoms with Gasteiger partial charge in [-0.3, -0.25) is 4.79 Å². The quantitative estimate of drug-likeness (QED) is 0.644. The van der Waals surface area contributed by atoms with Crippen LogP contribution in [0.1, 0.15) is 35.8 Å². The van der Waals surface area contributed by atoms with E-state index in [2.05, 4.69) is 11.6 Å². The summed E-state index contributed by atoms with van der Waals surface area (Å²) in [6.45, 7) is 8.15. The predicted molar refractivity (Wildman–Crippen MR) is 76.5 cm³/mol. The molecule has 19 heavy (non-hydrogen) atoms. The number of aromatic nitrogens is 1. The second kappa shape index (κ2) is 7.26. The summed E-state index contributed by atoms with van der Waals surface area (Å²) in [5.74, 6) is 0.0103. The van der Waals surface area contributed by atoms with Gasteiger partial charge < -0.3 is 10.0 Å². The van der Waals surface area contributed by atoms with Crippen LogP contribution >= 0.6 is 11.6 Å². The fraction of sp³-hybridized carbons (Fsp3) is 0.429. The van der Waals surface area contributed by atoms with E-state index in [-0.39, 0.29) is 25.0 Å². The van der Waals surface area contributed by atoms with Gasteiger partial charge in [-0.25, -0.2) is 4.98 Å². The first-order valence-electron chi connectivity index (χ1n) is 6.18. The van der Waals surface area contributed by atoms with Crippen LogP contribution in [-0.4, -0.2) is 40.6 Å². The fourth-order valence-electron chi connectivity index (χ4n) is 1.67. The molecule has 1 aromatic rings. The lowest BCUT2D eigenvalue weighted by atomic mass is 10.1. The topological polar surface area (TPSA) is 53.4 Å². The van der Waals surface area contributed by atoms with Gasteiger partial charge in [-0.05, 0) is 18.1 Å². The zero-order valence-electron chi connectivity index (χ0n) is 11.3. The minimum absolute atomic E-state index is 0.0879. The van der Waals surface area contributed by atoms with Gasteiger partial charge in [-0.1, -0.05) is 31.5 Å². The third-order valence-corrected chi connectivity index (χ3v) is 2.85. The van der Waals surface area contributed by atoms with E-state index in [9.17, 15) is 4.79 Å². The molecule has 0 spiro atoms. The Balaban J connectivity index is 3.06. The van der Waals surface area contributed by atoms with E-state index in [1.807, 2.05) is 13.8 Å². The number of aliphatic hydroxyl groups excluding tert-OH is 1. The lowest BCUT2D eigenvalue weighted by Crippen LogP contribution is -2.33. The second-order valence-corrected chi connectivity index (χ2v) is 4.91. The van der Waals surface area contributed by atoms with E-state index < -0.39 is 0 Å². The predicted octanol–water partition coefficient (Wildman–Crippen LogP) is 2.48. The van der Waals surface area contributed by atoms with Crippen LogP contribution in [0.4, 0.5) is 0 Å². The summed E-state index contributed by atoms with van der Waals surface area (Å²) < 4.78 is 0. The van der Waals surface area contributed by atoms with E-state index in [1.54, 1.807) is 18.2 Å². The minimum Gasteiger partial charge on any atom is -0.395 e. The number of rotatable bonds is 6. The van der Waals surface area contributed by atoms with Crippen molar-refractivity contribution in [1.82, 2.24) is 9.88 Å². The van der Waals surface area contributed by atoms with Crippen LogP contribution in [0.25, 0.3) is 0 Å². The Hall–Kier alpha value is -1.39. The van der Waals surface area contributed by atoms with Gasteiger partial charge in [0.05, 0.1) is 6.61 Å². The zero-order chi connectivity index (χ0) is 14.4. The van der Waals surface area contributed by atoms with Crippen molar-refractivity contribution in [3.8, 4) is 0 Å². The van der Waals surface area contributed by atoms with Gasteiger partial charge in [-0.15, -0.1) is 6.58 Å². The molecule has 0 fully saturated rings. The van der Waals surface area contributed by atoms with Gasteiger partial charge in [0, 0.05) is 24.3 Å². The number of amides is 1. The van der Waals surface area contributed by atoms with Crippen LogP contribution in [0.5, 0.6) is 0 Å². The third-order valence-electron chi connectivity index (χ3n) is 2.66. The monoisotopic (exact) mass is 282 g/mol. The maximum Gasteiger partial charge on any atom is 0.254 e. The van der Waals surface area contributed by atoms with Gasteiger partial charge in [-0.2, -0.15) is 0 Å². The lowest BCUT2D eigenvalue weighted by molar-refractivity contribution is 0.0742. The molecule has 1 aromatic heterocycles. The van der Waals surface area contributed by atoms with Crippen molar-refractivity contribution in [2.45, 2.75) is 19.8 Å². The van der Waals surface area contributed by atoms with Gasteiger partial charge in [0.2, 0.25) is 0 Å². The summed E-state index contributed by atoms with van der Waals surface area (Å²) in [6.07, 6.45) is 1.62. The van der Waals surface area contributed by atoms with Gasteiger partial charge in [0.25, 0.3) is 5.91 Å². The summed E-state index contributed by atoms with van der Waals surface area (Å²) in [5, 5.41) is 9.29. The van der Waals surface area contributed by atoms with Gasteiger partial charge >= 0.3 is 0 Å². The highest BCUT2D eigenvalue weighted by Gasteiger charge is 2.16. The molecular weight excluding hydrogens is 264 g/mol. The van der Waals surface area contributed by atoms with Crippen LogP contribution in [0, 0.1) is 0 Å². The number of halogens is 1.